The first kappa shape index (κ1) is 37.4. The highest BCUT2D eigenvalue weighted by atomic mass is 16.6. The lowest BCUT2D eigenvalue weighted by Gasteiger charge is -2.37. The predicted molar refractivity (Wildman–Crippen MR) is 160 cm³/mol. The Hall–Kier alpha value is -2.65. The maximum atomic E-state index is 13.1. The molecule has 0 bridgehead atoms. The van der Waals surface area contributed by atoms with Crippen LogP contribution in [-0.2, 0) is 19.1 Å². The van der Waals surface area contributed by atoms with Crippen molar-refractivity contribution in [3.8, 4) is 0 Å². The van der Waals surface area contributed by atoms with Crippen molar-refractivity contribution in [1.29, 1.82) is 0 Å². The van der Waals surface area contributed by atoms with Gasteiger partial charge in [-0.3, -0.25) is 4.79 Å². The highest BCUT2D eigenvalue weighted by Crippen LogP contribution is 2.22. The van der Waals surface area contributed by atoms with E-state index in [9.17, 15) is 19.5 Å². The summed E-state index contributed by atoms with van der Waals surface area (Å²) in [5, 5.41) is 13.8. The summed E-state index contributed by atoms with van der Waals surface area (Å²) in [4.78, 5) is 37.4. The van der Waals surface area contributed by atoms with E-state index in [2.05, 4.69) is 51.2 Å². The van der Waals surface area contributed by atoms with Gasteiger partial charge in [0.2, 0.25) is 0 Å². The summed E-state index contributed by atoms with van der Waals surface area (Å²) in [6.45, 7) is 16.6. The summed E-state index contributed by atoms with van der Waals surface area (Å²) in [5.74, 6) is -1.82. The molecule has 9 heteroatoms. The Morgan fingerprint density at radius 3 is 1.90 bits per heavy atom. The molecule has 6 N–H and O–H groups in total. The van der Waals surface area contributed by atoms with Crippen molar-refractivity contribution in [2.24, 2.45) is 11.5 Å². The lowest BCUT2D eigenvalue weighted by Crippen LogP contribution is -2.64. The van der Waals surface area contributed by atoms with Gasteiger partial charge in [0.1, 0.15) is 11.2 Å². The van der Waals surface area contributed by atoms with Gasteiger partial charge in [-0.05, 0) is 100 Å². The van der Waals surface area contributed by atoms with Crippen molar-refractivity contribution in [2.75, 3.05) is 0 Å². The molecule has 40 heavy (non-hydrogen) atoms. The standard InChI is InChI=1S/C31H55N3O6/c1-10-14-24(27(33)35)39-28(36)26(34-29(37)40-30(6,7)8)31(9,38)25(32)20-13-19-23(5)18-12-17-22(4)16-11-15-21(2)3/h15,17,19,24-26,38H,10-14,16,18,20,32H2,1-9H3,(H2,33,35)(H,34,37)/t24-,25?,26+,31+/m0/s1. The van der Waals surface area contributed by atoms with Gasteiger partial charge in [-0.1, -0.05) is 48.3 Å². The summed E-state index contributed by atoms with van der Waals surface area (Å²) in [7, 11) is 0. The van der Waals surface area contributed by atoms with Crippen molar-refractivity contribution in [1.82, 2.24) is 5.32 Å². The first-order chi connectivity index (χ1) is 18.4. The van der Waals surface area contributed by atoms with E-state index in [0.29, 0.717) is 19.3 Å². The van der Waals surface area contributed by atoms with Gasteiger partial charge in [-0.25, -0.2) is 9.59 Å². The Morgan fingerprint density at radius 1 is 0.900 bits per heavy atom. The van der Waals surface area contributed by atoms with E-state index >= 15 is 0 Å². The van der Waals surface area contributed by atoms with Gasteiger partial charge >= 0.3 is 12.1 Å². The number of carbonyl (C=O) groups excluding carboxylic acids is 3. The van der Waals surface area contributed by atoms with Crippen LogP contribution in [0, 0.1) is 0 Å². The van der Waals surface area contributed by atoms with E-state index in [1.54, 1.807) is 20.8 Å². The number of esters is 1. The summed E-state index contributed by atoms with van der Waals surface area (Å²) in [6.07, 6.45) is 10.1. The number of amides is 2. The molecule has 230 valence electrons. The fourth-order valence-electron chi connectivity index (χ4n) is 3.95. The molecule has 0 aliphatic carbocycles. The number of hydrogen-bond acceptors (Lipinski definition) is 7. The Bertz CT molecular complexity index is 911. The Morgan fingerprint density at radius 2 is 1.43 bits per heavy atom. The van der Waals surface area contributed by atoms with E-state index in [0.717, 1.165) is 25.7 Å². The molecule has 0 aliphatic rings. The van der Waals surface area contributed by atoms with Crippen molar-refractivity contribution in [2.45, 2.75) is 143 Å². The highest BCUT2D eigenvalue weighted by Gasteiger charge is 2.45. The summed E-state index contributed by atoms with van der Waals surface area (Å²) >= 11 is 0. The molecule has 0 saturated carbocycles. The third-order valence-electron chi connectivity index (χ3n) is 6.45. The van der Waals surface area contributed by atoms with E-state index in [4.69, 9.17) is 20.9 Å². The Balaban J connectivity index is 5.40. The van der Waals surface area contributed by atoms with Crippen LogP contribution in [0.2, 0.25) is 0 Å². The van der Waals surface area contributed by atoms with Crippen molar-refractivity contribution in [3.05, 3.63) is 34.9 Å². The molecule has 1 unspecified atom stereocenters. The molecule has 0 radical (unpaired) electrons. The predicted octanol–water partition coefficient (Wildman–Crippen LogP) is 5.35. The smallest absolute Gasteiger partial charge is 0.408 e. The molecule has 9 nitrogen and oxygen atoms in total. The number of carbonyl (C=O) groups is 3. The second-order valence-corrected chi connectivity index (χ2v) is 12.1. The minimum absolute atomic E-state index is 0.211. The van der Waals surface area contributed by atoms with Gasteiger partial charge in [0.15, 0.2) is 12.1 Å². The molecule has 0 rings (SSSR count). The second-order valence-electron chi connectivity index (χ2n) is 12.1. The minimum Gasteiger partial charge on any atom is -0.451 e. The Kier molecular flexibility index (Phi) is 16.7. The molecule has 0 aliphatic heterocycles. The minimum atomic E-state index is -1.91. The van der Waals surface area contributed by atoms with Gasteiger partial charge in [0.05, 0.1) is 0 Å². The first-order valence-corrected chi connectivity index (χ1v) is 14.3. The molecule has 0 heterocycles. The highest BCUT2D eigenvalue weighted by molar-refractivity contribution is 5.86. The fourth-order valence-corrected chi connectivity index (χ4v) is 3.95. The van der Waals surface area contributed by atoms with Gasteiger partial charge < -0.3 is 31.4 Å². The van der Waals surface area contributed by atoms with Crippen LogP contribution in [0.4, 0.5) is 4.79 Å². The number of primary amides is 1. The zero-order valence-corrected chi connectivity index (χ0v) is 26.3. The van der Waals surface area contributed by atoms with Crippen LogP contribution in [0.25, 0.3) is 0 Å². The molecule has 0 aromatic rings. The molecule has 4 atom stereocenters. The normalized spacial score (nSPS) is 16.3. The zero-order valence-electron chi connectivity index (χ0n) is 26.3. The molecular weight excluding hydrogens is 510 g/mol. The topological polar surface area (TPSA) is 154 Å². The van der Waals surface area contributed by atoms with Crippen LogP contribution in [0.15, 0.2) is 34.9 Å². The van der Waals surface area contributed by atoms with E-state index in [1.165, 1.54) is 23.6 Å². The SMILES string of the molecule is CCC[C@H](OC(=O)[C@@H](NC(=O)OC(C)(C)C)[C@](C)(O)C(N)CCC=C(C)CCC=C(C)CCC=C(C)C)C(N)=O. The lowest BCUT2D eigenvalue weighted by atomic mass is 9.85. The number of nitrogens with two attached hydrogens (primary N) is 2. The number of aliphatic hydroxyl groups is 1. The number of alkyl carbamates (subject to hydrolysis) is 1. The van der Waals surface area contributed by atoms with Crippen molar-refractivity contribution < 1.29 is 29.0 Å². The van der Waals surface area contributed by atoms with E-state index in [1.807, 2.05) is 6.92 Å². The summed E-state index contributed by atoms with van der Waals surface area (Å²) in [6, 6.07) is -2.49. The summed E-state index contributed by atoms with van der Waals surface area (Å²) in [5.41, 5.74) is 12.9. The van der Waals surface area contributed by atoms with E-state index < -0.39 is 47.4 Å². The molecule has 2 amide bonds. The largest absolute Gasteiger partial charge is 0.451 e. The average molecular weight is 566 g/mol. The molecule has 0 fully saturated rings. The third-order valence-corrected chi connectivity index (χ3v) is 6.45. The first-order valence-electron chi connectivity index (χ1n) is 14.3. The second kappa shape index (κ2) is 17.9. The Labute approximate surface area is 241 Å². The fraction of sp³-hybridized carbons (Fsp3) is 0.710. The molecular formula is C31H55N3O6. The van der Waals surface area contributed by atoms with Crippen LogP contribution in [0.1, 0.15) is 114 Å². The molecule has 0 aromatic carbocycles. The number of hydrogen-bond donors (Lipinski definition) is 4. The van der Waals surface area contributed by atoms with Gasteiger partial charge in [-0.15, -0.1) is 0 Å². The number of ether oxygens (including phenoxy) is 2. The third kappa shape index (κ3) is 15.8. The monoisotopic (exact) mass is 565 g/mol. The van der Waals surface area contributed by atoms with Gasteiger partial charge in [0.25, 0.3) is 5.91 Å². The maximum absolute atomic E-state index is 13.1. The van der Waals surface area contributed by atoms with Gasteiger partial charge in [0, 0.05) is 6.04 Å². The van der Waals surface area contributed by atoms with Crippen LogP contribution in [0.5, 0.6) is 0 Å². The lowest BCUT2D eigenvalue weighted by molar-refractivity contribution is -0.164. The van der Waals surface area contributed by atoms with Crippen molar-refractivity contribution >= 4 is 18.0 Å². The van der Waals surface area contributed by atoms with E-state index in [-0.39, 0.29) is 6.42 Å². The molecule has 0 spiro atoms. The van der Waals surface area contributed by atoms with Crippen molar-refractivity contribution in [3.63, 3.8) is 0 Å². The maximum Gasteiger partial charge on any atom is 0.408 e. The number of rotatable bonds is 17. The van der Waals surface area contributed by atoms with Crippen LogP contribution in [-0.4, -0.2) is 52.5 Å². The molecule has 0 saturated heterocycles. The zero-order chi connectivity index (χ0) is 31.1. The number of allylic oxidation sites excluding steroid dienone is 6. The average Bonchev–Trinajstić information content (AvgIpc) is 2.80. The summed E-state index contributed by atoms with van der Waals surface area (Å²) < 4.78 is 10.6. The van der Waals surface area contributed by atoms with Crippen LogP contribution in [0.3, 0.4) is 0 Å². The van der Waals surface area contributed by atoms with Crippen LogP contribution >= 0.6 is 0 Å². The van der Waals surface area contributed by atoms with Gasteiger partial charge in [-0.2, -0.15) is 0 Å². The quantitative estimate of drug-likeness (QED) is 0.137. The number of nitrogens with one attached hydrogen (secondary N) is 1. The van der Waals surface area contributed by atoms with Crippen LogP contribution < -0.4 is 16.8 Å². The molecule has 0 aromatic heterocycles.